The number of imidazole rings is 1. The fourth-order valence-corrected chi connectivity index (χ4v) is 4.16. The summed E-state index contributed by atoms with van der Waals surface area (Å²) in [6.07, 6.45) is 11.2. The van der Waals surface area contributed by atoms with Crippen LogP contribution in [0.15, 0.2) is 43.0 Å². The Labute approximate surface area is 205 Å². The number of methoxy groups -OCH3 is 1. The van der Waals surface area contributed by atoms with Gasteiger partial charge in [0.05, 0.1) is 12.7 Å². The molecule has 0 radical (unpaired) electrons. The third kappa shape index (κ3) is 7.35. The zero-order chi connectivity index (χ0) is 25.6. The van der Waals surface area contributed by atoms with Crippen molar-refractivity contribution >= 4 is 12.9 Å². The molecule has 2 N–H and O–H groups in total. The second kappa shape index (κ2) is 14.5. The van der Waals surface area contributed by atoms with E-state index in [4.69, 9.17) is 24.5 Å². The Bertz CT molecular complexity index is 1050. The summed E-state index contributed by atoms with van der Waals surface area (Å²) in [5, 5.41) is 13.8. The molecular weight excluding hydrogens is 450 g/mol. The molecule has 0 unspecified atom stereocenters. The van der Waals surface area contributed by atoms with E-state index in [1.165, 1.54) is 19.4 Å². The molecule has 1 saturated heterocycles. The van der Waals surface area contributed by atoms with Crippen LogP contribution in [0.25, 0.3) is 22.8 Å². The molecular formula is C25H33N5O5. The van der Waals surface area contributed by atoms with E-state index < -0.39 is 0 Å². The van der Waals surface area contributed by atoms with E-state index in [1.54, 1.807) is 7.11 Å². The minimum absolute atomic E-state index is 0.250. The molecule has 1 atom stereocenters. The molecule has 1 aliphatic heterocycles. The van der Waals surface area contributed by atoms with Crippen molar-refractivity contribution in [3.05, 3.63) is 48.5 Å². The van der Waals surface area contributed by atoms with Crippen molar-refractivity contribution in [3.8, 4) is 28.5 Å². The van der Waals surface area contributed by atoms with Crippen molar-refractivity contribution < 1.29 is 24.5 Å². The Hall–Kier alpha value is -3.79. The van der Waals surface area contributed by atoms with E-state index >= 15 is 0 Å². The van der Waals surface area contributed by atoms with Crippen molar-refractivity contribution in [2.24, 2.45) is 0 Å². The van der Waals surface area contributed by atoms with Gasteiger partial charge in [0.15, 0.2) is 5.82 Å². The van der Waals surface area contributed by atoms with Gasteiger partial charge in [0, 0.05) is 42.9 Å². The van der Waals surface area contributed by atoms with Gasteiger partial charge in [-0.25, -0.2) is 15.0 Å². The maximum atomic E-state index is 8.36. The summed E-state index contributed by atoms with van der Waals surface area (Å²) in [5.74, 6) is 2.41. The molecule has 10 heteroatoms. The summed E-state index contributed by atoms with van der Waals surface area (Å²) < 4.78 is 7.85. The largest absolute Gasteiger partial charge is 0.496 e. The summed E-state index contributed by atoms with van der Waals surface area (Å²) in [7, 11) is 1.68. The zero-order valence-electron chi connectivity index (χ0n) is 20.4. The molecule has 188 valence electrons. The molecule has 0 aliphatic carbocycles. The molecule has 0 saturated carbocycles. The fourth-order valence-electron chi connectivity index (χ4n) is 4.16. The van der Waals surface area contributed by atoms with Gasteiger partial charge in [0.25, 0.3) is 12.9 Å². The van der Waals surface area contributed by atoms with Crippen molar-refractivity contribution in [3.63, 3.8) is 0 Å². The lowest BCUT2D eigenvalue weighted by Gasteiger charge is -2.24. The lowest BCUT2D eigenvalue weighted by atomic mass is 10.1. The van der Waals surface area contributed by atoms with Gasteiger partial charge in [-0.05, 0) is 56.1 Å². The first kappa shape index (κ1) is 27.5. The summed E-state index contributed by atoms with van der Waals surface area (Å²) in [6.45, 7) is 7.11. The topological polar surface area (TPSA) is 131 Å². The average Bonchev–Trinajstić information content (AvgIpc) is 3.54. The van der Waals surface area contributed by atoms with Gasteiger partial charge < -0.3 is 19.5 Å². The molecule has 1 fully saturated rings. The number of carbonyl (C=O) groups is 2. The van der Waals surface area contributed by atoms with Gasteiger partial charge in [-0.15, -0.1) is 0 Å². The van der Waals surface area contributed by atoms with Gasteiger partial charge in [0.2, 0.25) is 0 Å². The first-order valence-corrected chi connectivity index (χ1v) is 11.5. The number of rotatable bonds is 7. The molecule has 10 nitrogen and oxygen atoms in total. The number of likely N-dealkylation sites (N-methyl/N-ethyl adjacent to an activating group) is 1. The number of carboxylic acid groups (broad SMARTS) is 2. The Morgan fingerprint density at radius 1 is 1.11 bits per heavy atom. The maximum absolute atomic E-state index is 8.36. The molecule has 0 bridgehead atoms. The van der Waals surface area contributed by atoms with Gasteiger partial charge in [-0.2, -0.15) is 0 Å². The smallest absolute Gasteiger partial charge is 0.290 e. The highest BCUT2D eigenvalue weighted by molar-refractivity contribution is 5.72. The molecule has 3 heterocycles. The molecule has 0 amide bonds. The standard InChI is InChI=1S/C23H29N5O.2CH2O2/c1-4-17-14-25-22(26-15-17)20-13-18(8-9-21(20)29-3)23-24-10-12-28(23)16-19-7-6-11-27(19)5-2;2*2-1-3/h8-10,12-15,19H,4-7,11,16H2,1-3H3;2*1H,(H,2,3)/t19-;;/m0../s1. The van der Waals surface area contributed by atoms with Crippen LogP contribution >= 0.6 is 0 Å². The van der Waals surface area contributed by atoms with E-state index in [-0.39, 0.29) is 12.9 Å². The Kier molecular flexibility index (Phi) is 11.3. The number of likely N-dealkylation sites (tertiary alicyclic amines) is 1. The molecule has 1 aromatic carbocycles. The predicted octanol–water partition coefficient (Wildman–Crippen LogP) is 3.46. The van der Waals surface area contributed by atoms with E-state index in [2.05, 4.69) is 56.6 Å². The predicted molar refractivity (Wildman–Crippen MR) is 132 cm³/mol. The first-order valence-electron chi connectivity index (χ1n) is 11.5. The normalized spacial score (nSPS) is 14.8. The van der Waals surface area contributed by atoms with Crippen LogP contribution in [0.1, 0.15) is 32.3 Å². The minimum atomic E-state index is -0.250. The van der Waals surface area contributed by atoms with Crippen molar-refractivity contribution in [1.82, 2.24) is 24.4 Å². The van der Waals surface area contributed by atoms with Crippen LogP contribution in [0.3, 0.4) is 0 Å². The second-order valence-corrected chi connectivity index (χ2v) is 7.72. The van der Waals surface area contributed by atoms with Gasteiger partial charge in [-0.3, -0.25) is 14.5 Å². The van der Waals surface area contributed by atoms with Crippen LogP contribution in [0.2, 0.25) is 0 Å². The third-order valence-electron chi connectivity index (χ3n) is 5.84. The molecule has 0 spiro atoms. The van der Waals surface area contributed by atoms with E-state index in [0.29, 0.717) is 11.9 Å². The van der Waals surface area contributed by atoms with Gasteiger partial charge in [0.1, 0.15) is 11.6 Å². The first-order chi connectivity index (χ1) is 17.1. The summed E-state index contributed by atoms with van der Waals surface area (Å²) >= 11 is 0. The number of nitrogens with zero attached hydrogens (tertiary/aromatic N) is 5. The van der Waals surface area contributed by atoms with Crippen LogP contribution in [0, 0.1) is 0 Å². The van der Waals surface area contributed by atoms with Crippen molar-refractivity contribution in [2.75, 3.05) is 20.2 Å². The number of benzene rings is 1. The number of aryl methyl sites for hydroxylation is 1. The highest BCUT2D eigenvalue weighted by Gasteiger charge is 2.24. The number of aromatic nitrogens is 4. The highest BCUT2D eigenvalue weighted by Crippen LogP contribution is 2.32. The van der Waals surface area contributed by atoms with Crippen molar-refractivity contribution in [2.45, 2.75) is 45.7 Å². The van der Waals surface area contributed by atoms with Crippen LogP contribution in [0.4, 0.5) is 0 Å². The van der Waals surface area contributed by atoms with Crippen molar-refractivity contribution in [1.29, 1.82) is 0 Å². The van der Waals surface area contributed by atoms with E-state index in [1.807, 2.05) is 24.7 Å². The maximum Gasteiger partial charge on any atom is 0.290 e. The number of hydrogen-bond donors (Lipinski definition) is 2. The minimum Gasteiger partial charge on any atom is -0.496 e. The SMILES string of the molecule is CCc1cnc(-c2cc(-c3nccn3C[C@@H]3CCCN3CC)ccc2OC)nc1.O=CO.O=CO. The van der Waals surface area contributed by atoms with Gasteiger partial charge in [-0.1, -0.05) is 13.8 Å². The summed E-state index contributed by atoms with van der Waals surface area (Å²) in [4.78, 5) is 33.0. The van der Waals surface area contributed by atoms with Gasteiger partial charge >= 0.3 is 0 Å². The Balaban J connectivity index is 0.000000655. The fraction of sp³-hybridized carbons (Fsp3) is 0.400. The van der Waals surface area contributed by atoms with Crippen LogP contribution in [-0.4, -0.2) is 73.8 Å². The quantitative estimate of drug-likeness (QED) is 0.485. The molecule has 35 heavy (non-hydrogen) atoms. The lowest BCUT2D eigenvalue weighted by Crippen LogP contribution is -2.32. The molecule has 4 rings (SSSR count). The molecule has 2 aromatic heterocycles. The highest BCUT2D eigenvalue weighted by atomic mass is 16.5. The second-order valence-electron chi connectivity index (χ2n) is 7.72. The summed E-state index contributed by atoms with van der Waals surface area (Å²) in [5.41, 5.74) is 3.06. The van der Waals surface area contributed by atoms with Crippen LogP contribution in [-0.2, 0) is 22.6 Å². The van der Waals surface area contributed by atoms with Crippen LogP contribution in [0.5, 0.6) is 5.75 Å². The Morgan fingerprint density at radius 3 is 2.40 bits per heavy atom. The zero-order valence-corrected chi connectivity index (χ0v) is 20.4. The number of hydrogen-bond acceptors (Lipinski definition) is 7. The monoisotopic (exact) mass is 483 g/mol. The summed E-state index contributed by atoms with van der Waals surface area (Å²) in [6, 6.07) is 6.71. The Morgan fingerprint density at radius 2 is 1.80 bits per heavy atom. The third-order valence-corrected chi connectivity index (χ3v) is 5.84. The number of ether oxygens (including phenoxy) is 1. The molecule has 3 aromatic rings. The molecule has 1 aliphatic rings. The van der Waals surface area contributed by atoms with E-state index in [0.717, 1.165) is 47.8 Å². The van der Waals surface area contributed by atoms with E-state index in [9.17, 15) is 0 Å². The van der Waals surface area contributed by atoms with Crippen LogP contribution < -0.4 is 4.74 Å². The lowest BCUT2D eigenvalue weighted by molar-refractivity contribution is -0.123. The average molecular weight is 484 g/mol.